The quantitative estimate of drug-likeness (QED) is 0.130. The molecule has 0 amide bonds. The van der Waals surface area contributed by atoms with Gasteiger partial charge in [-0.25, -0.2) is 4.98 Å². The molecule has 0 saturated heterocycles. The molecule has 0 aliphatic heterocycles. The van der Waals surface area contributed by atoms with Crippen LogP contribution in [0.3, 0.4) is 0 Å². The van der Waals surface area contributed by atoms with Gasteiger partial charge in [-0.05, 0) is 49.2 Å². The molecule has 7 heteroatoms. The molecule has 6 nitrogen and oxygen atoms in total. The van der Waals surface area contributed by atoms with Crippen LogP contribution < -0.4 is 16.4 Å². The van der Waals surface area contributed by atoms with E-state index in [2.05, 4.69) is 72.2 Å². The van der Waals surface area contributed by atoms with E-state index in [1.807, 2.05) is 53.1 Å². The van der Waals surface area contributed by atoms with Crippen LogP contribution in [0.25, 0.3) is 5.57 Å². The van der Waals surface area contributed by atoms with E-state index in [9.17, 15) is 0 Å². The van der Waals surface area contributed by atoms with Gasteiger partial charge in [-0.3, -0.25) is 5.32 Å². The van der Waals surface area contributed by atoms with Gasteiger partial charge in [0.2, 0.25) is 0 Å². The number of unbranched alkanes of at least 4 members (excludes halogenated alkanes) is 1. The lowest BCUT2D eigenvalue weighted by Gasteiger charge is -2.27. The van der Waals surface area contributed by atoms with Gasteiger partial charge in [-0.1, -0.05) is 105 Å². The summed E-state index contributed by atoms with van der Waals surface area (Å²) in [5, 5.41) is 7.80. The first-order valence-electron chi connectivity index (χ1n) is 14.8. The second-order valence-corrected chi connectivity index (χ2v) is 9.17. The average Bonchev–Trinajstić information content (AvgIpc) is 2.98. The topological polar surface area (TPSA) is 75.4 Å². The third-order valence-electron chi connectivity index (χ3n) is 5.90. The van der Waals surface area contributed by atoms with Crippen molar-refractivity contribution in [1.29, 1.82) is 0 Å². The maximum absolute atomic E-state index is 6.54. The van der Waals surface area contributed by atoms with E-state index < -0.39 is 0 Å². The molecule has 0 aliphatic rings. The largest absolute Gasteiger partial charge is 0.383 e. The van der Waals surface area contributed by atoms with E-state index in [-0.39, 0.29) is 6.17 Å². The van der Waals surface area contributed by atoms with Gasteiger partial charge >= 0.3 is 0 Å². The number of allylic oxidation sites excluding steroid dienone is 2. The lowest BCUT2D eigenvalue weighted by molar-refractivity contribution is 0.207. The molecule has 0 aliphatic carbocycles. The summed E-state index contributed by atoms with van der Waals surface area (Å²) in [7, 11) is 3.64. The van der Waals surface area contributed by atoms with E-state index in [0.29, 0.717) is 30.1 Å². The summed E-state index contributed by atoms with van der Waals surface area (Å²) < 4.78 is 4.57. The summed E-state index contributed by atoms with van der Waals surface area (Å²) in [5.74, 6) is 1.45. The second-order valence-electron chi connectivity index (χ2n) is 8.76. The first-order valence-corrected chi connectivity index (χ1v) is 15.2. The maximum Gasteiger partial charge on any atom is 0.126 e. The molecule has 0 saturated carbocycles. The van der Waals surface area contributed by atoms with Crippen LogP contribution in [-0.2, 0) is 4.74 Å². The van der Waals surface area contributed by atoms with Crippen LogP contribution in [-0.4, -0.2) is 55.9 Å². The minimum atomic E-state index is -0.00177. The summed E-state index contributed by atoms with van der Waals surface area (Å²) in [6.07, 6.45) is 13.3. The zero-order valence-electron chi connectivity index (χ0n) is 26.9. The average molecular weight is 568 g/mol. The number of anilines is 1. The normalized spacial score (nSPS) is 12.7. The van der Waals surface area contributed by atoms with Gasteiger partial charge in [0.25, 0.3) is 0 Å². The fourth-order valence-corrected chi connectivity index (χ4v) is 3.45. The van der Waals surface area contributed by atoms with Crippen molar-refractivity contribution in [3.05, 3.63) is 54.4 Å². The highest BCUT2D eigenvalue weighted by Crippen LogP contribution is 2.28. The Morgan fingerprint density at radius 1 is 1.18 bits per heavy atom. The molecule has 0 bridgehead atoms. The van der Waals surface area contributed by atoms with Gasteiger partial charge in [0, 0.05) is 38.5 Å². The molecule has 0 spiro atoms. The maximum atomic E-state index is 6.54. The van der Waals surface area contributed by atoms with E-state index in [4.69, 9.17) is 17.3 Å². The lowest BCUT2D eigenvalue weighted by atomic mass is 10.0. The SMILES string of the molecule is C=C/C(=C\C(NCC(C)CC)N(C)C=C)c1cc(NC(CC)CCCC)ncc1Cl.CC.CC.COCCN. The van der Waals surface area contributed by atoms with Crippen LogP contribution in [0.15, 0.2) is 43.8 Å². The Labute approximate surface area is 247 Å². The number of methoxy groups -OCH3 is 1. The fraction of sp³-hybridized carbons (Fsp3) is 0.656. The summed E-state index contributed by atoms with van der Waals surface area (Å²) in [4.78, 5) is 6.56. The number of pyridine rings is 1. The Morgan fingerprint density at radius 3 is 2.26 bits per heavy atom. The van der Waals surface area contributed by atoms with E-state index in [0.717, 1.165) is 42.8 Å². The third kappa shape index (κ3) is 19.8. The first-order chi connectivity index (χ1) is 18.8. The minimum Gasteiger partial charge on any atom is -0.383 e. The van der Waals surface area contributed by atoms with Gasteiger partial charge in [0.1, 0.15) is 5.82 Å². The van der Waals surface area contributed by atoms with Crippen molar-refractivity contribution in [3.63, 3.8) is 0 Å². The molecule has 1 aromatic rings. The van der Waals surface area contributed by atoms with Crippen molar-refractivity contribution >= 4 is 23.0 Å². The number of likely N-dealkylation sites (N-methyl/N-ethyl adjacent to an activating group) is 1. The molecule has 4 N–H and O–H groups in total. The second kappa shape index (κ2) is 29.1. The van der Waals surface area contributed by atoms with Crippen LogP contribution in [0.1, 0.15) is 93.1 Å². The molecule has 3 atom stereocenters. The predicted octanol–water partition coefficient (Wildman–Crippen LogP) is 8.37. The highest BCUT2D eigenvalue weighted by molar-refractivity contribution is 6.32. The van der Waals surface area contributed by atoms with Crippen LogP contribution in [0.4, 0.5) is 5.82 Å². The molecular formula is C32H62ClN5O. The van der Waals surface area contributed by atoms with Crippen molar-refractivity contribution < 1.29 is 4.74 Å². The van der Waals surface area contributed by atoms with Crippen molar-refractivity contribution in [1.82, 2.24) is 15.2 Å². The van der Waals surface area contributed by atoms with E-state index >= 15 is 0 Å². The summed E-state index contributed by atoms with van der Waals surface area (Å²) in [6.45, 7) is 27.0. The number of hydrogen-bond acceptors (Lipinski definition) is 6. The minimum absolute atomic E-state index is 0.00177. The lowest BCUT2D eigenvalue weighted by Crippen LogP contribution is -2.41. The summed E-state index contributed by atoms with van der Waals surface area (Å²) in [6, 6.07) is 2.45. The molecule has 39 heavy (non-hydrogen) atoms. The number of halogens is 1. The van der Waals surface area contributed by atoms with Gasteiger partial charge in [0.05, 0.1) is 17.8 Å². The fourth-order valence-electron chi connectivity index (χ4n) is 3.23. The van der Waals surface area contributed by atoms with Gasteiger partial charge in [-0.15, -0.1) is 0 Å². The molecule has 1 aromatic heterocycles. The summed E-state index contributed by atoms with van der Waals surface area (Å²) in [5.41, 5.74) is 6.92. The number of nitrogens with zero attached hydrogens (tertiary/aromatic N) is 2. The molecule has 3 unspecified atom stereocenters. The van der Waals surface area contributed by atoms with Gasteiger partial charge < -0.3 is 20.7 Å². The first kappa shape index (κ1) is 41.6. The molecule has 0 aromatic carbocycles. The van der Waals surface area contributed by atoms with Gasteiger partial charge in [0.15, 0.2) is 0 Å². The Hall–Kier alpha value is -1.86. The standard InChI is InChI=1S/C25H41ClN4.C3H9NO.2C2H6/c1-8-13-14-21(11-4)29-24-16-22(23(26)18-27-24)20(10-3)15-25(30(7)12-5)28-17-19(6)9-2;1-5-3-2-4;2*1-2/h10,12,15-16,18-19,21,25,28H,3,5,8-9,11,13-14,17H2,1-2,4,6-7H3,(H,27,29);2-4H2,1H3;2*1-2H3/b20-15+;;;. The Balaban J connectivity index is -0.00000126. The Kier molecular flexibility index (Phi) is 31.1. The molecular weight excluding hydrogens is 506 g/mol. The van der Waals surface area contributed by atoms with Crippen molar-refractivity contribution in [2.45, 2.75) is 99.7 Å². The Bertz CT molecular complexity index is 739. The number of nitrogens with two attached hydrogens (primary N) is 1. The van der Waals surface area contributed by atoms with E-state index in [1.165, 1.54) is 12.8 Å². The highest BCUT2D eigenvalue weighted by Gasteiger charge is 2.14. The molecule has 228 valence electrons. The number of rotatable bonds is 17. The molecule has 1 heterocycles. The zero-order chi connectivity index (χ0) is 30.6. The van der Waals surface area contributed by atoms with Crippen molar-refractivity contribution in [2.24, 2.45) is 11.7 Å². The number of hydrogen-bond donors (Lipinski definition) is 3. The van der Waals surface area contributed by atoms with Crippen LogP contribution in [0.2, 0.25) is 5.02 Å². The van der Waals surface area contributed by atoms with Gasteiger partial charge in [-0.2, -0.15) is 0 Å². The molecule has 1 rings (SSSR count). The van der Waals surface area contributed by atoms with E-state index in [1.54, 1.807) is 13.3 Å². The smallest absolute Gasteiger partial charge is 0.126 e. The van der Waals surface area contributed by atoms with Crippen molar-refractivity contribution in [3.8, 4) is 0 Å². The van der Waals surface area contributed by atoms with Crippen LogP contribution in [0, 0.1) is 5.92 Å². The zero-order valence-corrected chi connectivity index (χ0v) is 27.7. The monoisotopic (exact) mass is 567 g/mol. The molecule has 0 radical (unpaired) electrons. The van der Waals surface area contributed by atoms with Crippen molar-refractivity contribution in [2.75, 3.05) is 39.2 Å². The number of aromatic nitrogens is 1. The molecule has 0 fully saturated rings. The number of nitrogens with one attached hydrogen (secondary N) is 2. The third-order valence-corrected chi connectivity index (χ3v) is 6.20. The van der Waals surface area contributed by atoms with Crippen LogP contribution in [0.5, 0.6) is 0 Å². The highest BCUT2D eigenvalue weighted by atomic mass is 35.5. The number of ether oxygens (including phenoxy) is 1. The Morgan fingerprint density at radius 2 is 1.82 bits per heavy atom. The predicted molar refractivity (Wildman–Crippen MR) is 177 cm³/mol. The summed E-state index contributed by atoms with van der Waals surface area (Å²) >= 11 is 6.54. The van der Waals surface area contributed by atoms with Crippen LogP contribution >= 0.6 is 11.6 Å².